The summed E-state index contributed by atoms with van der Waals surface area (Å²) in [5.74, 6) is -0.633. The van der Waals surface area contributed by atoms with E-state index in [9.17, 15) is 9.59 Å². The maximum atomic E-state index is 12.6. The van der Waals surface area contributed by atoms with E-state index in [2.05, 4.69) is 5.32 Å². The minimum absolute atomic E-state index is 0.197. The van der Waals surface area contributed by atoms with Gasteiger partial charge in [-0.2, -0.15) is 0 Å². The molecule has 0 heterocycles. The van der Waals surface area contributed by atoms with Gasteiger partial charge in [-0.3, -0.25) is 4.79 Å². The van der Waals surface area contributed by atoms with Crippen LogP contribution < -0.4 is 5.32 Å². The van der Waals surface area contributed by atoms with E-state index in [1.807, 2.05) is 74.5 Å². The molecule has 3 aromatic carbocycles. The molecule has 0 aromatic heterocycles. The average molecular weight is 375 g/mol. The van der Waals surface area contributed by atoms with Gasteiger partial charge in [-0.05, 0) is 46.9 Å². The summed E-state index contributed by atoms with van der Waals surface area (Å²) in [6.07, 6.45) is 0.625. The Kier molecular flexibility index (Phi) is 6.09. The Bertz CT molecular complexity index is 989. The van der Waals surface area contributed by atoms with Gasteiger partial charge >= 0.3 is 5.97 Å². The number of hydrogen-bond donors (Lipinski definition) is 1. The first-order chi connectivity index (χ1) is 13.5. The predicted molar refractivity (Wildman–Crippen MR) is 111 cm³/mol. The second kappa shape index (κ2) is 8.70. The van der Waals surface area contributed by atoms with Crippen LogP contribution in [0.2, 0.25) is 0 Å². The first-order valence-electron chi connectivity index (χ1n) is 9.38. The molecule has 0 aliphatic rings. The van der Waals surface area contributed by atoms with Crippen molar-refractivity contribution in [3.8, 4) is 0 Å². The van der Waals surface area contributed by atoms with Crippen LogP contribution in [0.5, 0.6) is 0 Å². The maximum absolute atomic E-state index is 12.6. The molecular formula is C24H25NO3. The summed E-state index contributed by atoms with van der Waals surface area (Å²) in [5.41, 5.74) is 4.16. The molecule has 0 saturated heterocycles. The molecule has 0 spiro atoms. The minimum Gasteiger partial charge on any atom is -0.467 e. The van der Waals surface area contributed by atoms with Crippen molar-refractivity contribution in [3.63, 3.8) is 0 Å². The highest BCUT2D eigenvalue weighted by atomic mass is 16.5. The Morgan fingerprint density at radius 2 is 1.61 bits per heavy atom. The van der Waals surface area contributed by atoms with E-state index in [4.69, 9.17) is 4.74 Å². The van der Waals surface area contributed by atoms with Gasteiger partial charge in [0.2, 0.25) is 5.91 Å². The Morgan fingerprint density at radius 1 is 0.929 bits per heavy atom. The summed E-state index contributed by atoms with van der Waals surface area (Å²) in [7, 11) is 1.34. The fourth-order valence-electron chi connectivity index (χ4n) is 3.49. The largest absolute Gasteiger partial charge is 0.467 e. The second-order valence-corrected chi connectivity index (χ2v) is 7.08. The van der Waals surface area contributed by atoms with E-state index in [1.165, 1.54) is 7.11 Å². The van der Waals surface area contributed by atoms with Crippen molar-refractivity contribution >= 4 is 22.6 Å². The molecule has 3 rings (SSSR count). The van der Waals surface area contributed by atoms with E-state index in [-0.39, 0.29) is 12.3 Å². The molecule has 0 unspecified atom stereocenters. The molecule has 4 heteroatoms. The average Bonchev–Trinajstić information content (AvgIpc) is 2.69. The van der Waals surface area contributed by atoms with Crippen LogP contribution in [0, 0.1) is 13.8 Å². The number of carbonyl (C=O) groups excluding carboxylic acids is 2. The summed E-state index contributed by atoms with van der Waals surface area (Å²) in [6.45, 7) is 4.02. The number of amides is 1. The van der Waals surface area contributed by atoms with Gasteiger partial charge < -0.3 is 10.1 Å². The number of nitrogens with one attached hydrogen (secondary N) is 1. The molecule has 28 heavy (non-hydrogen) atoms. The highest BCUT2D eigenvalue weighted by molar-refractivity contribution is 5.88. The number of benzene rings is 3. The molecule has 0 aliphatic heterocycles. The lowest BCUT2D eigenvalue weighted by Gasteiger charge is -2.19. The molecule has 144 valence electrons. The number of methoxy groups -OCH3 is 1. The summed E-state index contributed by atoms with van der Waals surface area (Å²) in [5, 5.41) is 5.08. The number of hydrogen-bond acceptors (Lipinski definition) is 3. The molecule has 4 nitrogen and oxygen atoms in total. The molecule has 1 N–H and O–H groups in total. The van der Waals surface area contributed by atoms with Gasteiger partial charge in [0, 0.05) is 6.42 Å². The van der Waals surface area contributed by atoms with Gasteiger partial charge in [0.1, 0.15) is 6.04 Å². The molecule has 1 atom stereocenters. The Morgan fingerprint density at radius 3 is 2.29 bits per heavy atom. The summed E-state index contributed by atoms with van der Waals surface area (Å²) < 4.78 is 4.92. The third-order valence-corrected chi connectivity index (χ3v) is 5.05. The zero-order chi connectivity index (χ0) is 20.1. The molecule has 0 fully saturated rings. The van der Waals surface area contributed by atoms with Crippen molar-refractivity contribution in [1.29, 1.82) is 0 Å². The van der Waals surface area contributed by atoms with Crippen molar-refractivity contribution < 1.29 is 14.3 Å². The number of aryl methyl sites for hydroxylation is 2. The number of esters is 1. The van der Waals surface area contributed by atoms with Crippen LogP contribution in [-0.4, -0.2) is 25.0 Å². The predicted octanol–water partition coefficient (Wildman–Crippen LogP) is 3.90. The van der Waals surface area contributed by atoms with Crippen LogP contribution in [0.3, 0.4) is 0 Å². The van der Waals surface area contributed by atoms with Crippen LogP contribution in [0.15, 0.2) is 60.7 Å². The fraction of sp³-hybridized carbons (Fsp3) is 0.250. The van der Waals surface area contributed by atoms with Gasteiger partial charge in [-0.15, -0.1) is 0 Å². The summed E-state index contributed by atoms with van der Waals surface area (Å²) in [6, 6.07) is 19.3. The van der Waals surface area contributed by atoms with Gasteiger partial charge in [0.15, 0.2) is 0 Å². The lowest BCUT2D eigenvalue weighted by Crippen LogP contribution is -2.44. The molecule has 0 saturated carbocycles. The van der Waals surface area contributed by atoms with E-state index in [0.717, 1.165) is 33.0 Å². The molecular weight excluding hydrogens is 350 g/mol. The molecule has 0 aliphatic carbocycles. The first-order valence-corrected chi connectivity index (χ1v) is 9.38. The first kappa shape index (κ1) is 19.6. The standard InChI is InChI=1S/C24H25NO3/c1-16-7-6-8-17(2)21(16)15-22(24(27)28-3)25-23(26)14-18-11-12-19-9-4-5-10-20(19)13-18/h4-13,22H,14-15H2,1-3H3,(H,25,26)/t22-/m0/s1. The highest BCUT2D eigenvalue weighted by Gasteiger charge is 2.23. The van der Waals surface area contributed by atoms with Crippen LogP contribution >= 0.6 is 0 Å². The van der Waals surface area contributed by atoms with Crippen LogP contribution in [0.1, 0.15) is 22.3 Å². The topological polar surface area (TPSA) is 55.4 Å². The molecule has 0 radical (unpaired) electrons. The monoisotopic (exact) mass is 375 g/mol. The van der Waals surface area contributed by atoms with Gasteiger partial charge in [-0.1, -0.05) is 60.7 Å². The number of ether oxygens (including phenoxy) is 1. The number of fused-ring (bicyclic) bond motifs is 1. The van der Waals surface area contributed by atoms with Crippen molar-refractivity contribution in [2.24, 2.45) is 0 Å². The quantitative estimate of drug-likeness (QED) is 0.665. The van der Waals surface area contributed by atoms with E-state index >= 15 is 0 Å². The highest BCUT2D eigenvalue weighted by Crippen LogP contribution is 2.18. The van der Waals surface area contributed by atoms with Gasteiger partial charge in [0.05, 0.1) is 13.5 Å². The number of carbonyl (C=O) groups is 2. The van der Waals surface area contributed by atoms with Crippen molar-refractivity contribution in [2.75, 3.05) is 7.11 Å². The van der Waals surface area contributed by atoms with Gasteiger partial charge in [0.25, 0.3) is 0 Å². The smallest absolute Gasteiger partial charge is 0.328 e. The molecule has 1 amide bonds. The molecule has 0 bridgehead atoms. The van der Waals surface area contributed by atoms with E-state index in [1.54, 1.807) is 0 Å². The minimum atomic E-state index is -0.710. The van der Waals surface area contributed by atoms with Gasteiger partial charge in [-0.25, -0.2) is 4.79 Å². The fourth-order valence-corrected chi connectivity index (χ4v) is 3.49. The van der Waals surface area contributed by atoms with E-state index < -0.39 is 12.0 Å². The lowest BCUT2D eigenvalue weighted by molar-refractivity contribution is -0.145. The van der Waals surface area contributed by atoms with Crippen molar-refractivity contribution in [1.82, 2.24) is 5.32 Å². The lowest BCUT2D eigenvalue weighted by atomic mass is 9.96. The van der Waals surface area contributed by atoms with Crippen molar-refractivity contribution in [2.45, 2.75) is 32.7 Å². The Balaban J connectivity index is 1.74. The Labute approximate surface area is 165 Å². The van der Waals surface area contributed by atoms with E-state index in [0.29, 0.717) is 6.42 Å². The normalized spacial score (nSPS) is 11.8. The zero-order valence-electron chi connectivity index (χ0n) is 16.5. The number of rotatable bonds is 6. The third kappa shape index (κ3) is 4.58. The van der Waals surface area contributed by atoms with Crippen LogP contribution in [0.25, 0.3) is 10.8 Å². The van der Waals surface area contributed by atoms with Crippen LogP contribution in [-0.2, 0) is 27.2 Å². The second-order valence-electron chi connectivity index (χ2n) is 7.08. The maximum Gasteiger partial charge on any atom is 0.328 e. The zero-order valence-corrected chi connectivity index (χ0v) is 16.5. The SMILES string of the molecule is COC(=O)[C@H](Cc1c(C)cccc1C)NC(=O)Cc1ccc2ccccc2c1. The summed E-state index contributed by atoms with van der Waals surface area (Å²) >= 11 is 0. The van der Waals surface area contributed by atoms with Crippen LogP contribution in [0.4, 0.5) is 0 Å². The third-order valence-electron chi connectivity index (χ3n) is 5.05. The molecule has 3 aromatic rings. The van der Waals surface area contributed by atoms with Crippen molar-refractivity contribution in [3.05, 3.63) is 82.9 Å². The summed E-state index contributed by atoms with van der Waals surface area (Å²) in [4.78, 5) is 24.9. The Hall–Kier alpha value is -3.14.